The highest BCUT2D eigenvalue weighted by atomic mass is 32.1. The Bertz CT molecular complexity index is 1780. The van der Waals surface area contributed by atoms with E-state index >= 15 is 0 Å². The van der Waals surface area contributed by atoms with Crippen molar-refractivity contribution in [3.05, 3.63) is 119 Å². The molecule has 0 fully saturated rings. The number of aromatic nitrogens is 1. The number of thiophene rings is 1. The number of likely N-dealkylation sites (N-methyl/N-ethyl adjacent to an activating group) is 1. The summed E-state index contributed by atoms with van der Waals surface area (Å²) in [6, 6.07) is 20.0. The zero-order valence-corrected chi connectivity index (χ0v) is 22.3. The van der Waals surface area contributed by atoms with Crippen LogP contribution < -0.4 is 19.8 Å². The Labute approximate surface area is 226 Å². The number of ether oxygens (including phenoxy) is 1. The van der Waals surface area contributed by atoms with Gasteiger partial charge in [0, 0.05) is 17.0 Å². The first kappa shape index (κ1) is 24.3. The standard InChI is InChI=1S/C29H23N3O4S2/c1-3-31-20-13-8-7-12-19(20)23(26(31)33)25-27(34)32-24(21-14-9-15-37-21)22(17(2)30-29(32)38-25)28(35)36-16-18-10-5-4-6-11-18/h4-15,24H,3,16H2,1-2H3/b25-23-. The van der Waals surface area contributed by atoms with Gasteiger partial charge in [-0.15, -0.1) is 11.3 Å². The molecule has 1 atom stereocenters. The van der Waals surface area contributed by atoms with Crippen molar-refractivity contribution >= 4 is 45.8 Å². The van der Waals surface area contributed by atoms with Crippen LogP contribution in [0.4, 0.5) is 5.69 Å². The largest absolute Gasteiger partial charge is 0.457 e. The summed E-state index contributed by atoms with van der Waals surface area (Å²) in [5.41, 5.74) is 3.24. The Kier molecular flexibility index (Phi) is 6.17. The van der Waals surface area contributed by atoms with Crippen LogP contribution in [0.1, 0.15) is 35.9 Å². The lowest BCUT2D eigenvalue weighted by molar-refractivity contribution is -0.140. The Hall–Kier alpha value is -4.08. The van der Waals surface area contributed by atoms with Gasteiger partial charge in [0.1, 0.15) is 17.2 Å². The van der Waals surface area contributed by atoms with E-state index in [1.807, 2.05) is 79.0 Å². The van der Waals surface area contributed by atoms with E-state index in [1.165, 1.54) is 27.2 Å². The van der Waals surface area contributed by atoms with Gasteiger partial charge in [-0.05, 0) is 36.9 Å². The number of hydrogen-bond acceptors (Lipinski definition) is 7. The Morgan fingerprint density at radius 2 is 1.79 bits per heavy atom. The molecule has 0 spiro atoms. The smallest absolute Gasteiger partial charge is 0.338 e. The molecule has 6 rings (SSSR count). The van der Waals surface area contributed by atoms with E-state index in [0.29, 0.717) is 32.7 Å². The predicted octanol–water partition coefficient (Wildman–Crippen LogP) is 3.78. The highest BCUT2D eigenvalue weighted by Gasteiger charge is 2.37. The fourth-order valence-corrected chi connectivity index (χ4v) is 6.92. The van der Waals surface area contributed by atoms with Crippen molar-refractivity contribution < 1.29 is 14.3 Å². The van der Waals surface area contributed by atoms with Crippen LogP contribution in [0, 0.1) is 0 Å². The van der Waals surface area contributed by atoms with Crippen LogP contribution in [-0.2, 0) is 20.9 Å². The summed E-state index contributed by atoms with van der Waals surface area (Å²) in [5, 5.41) is 1.91. The molecule has 38 heavy (non-hydrogen) atoms. The minimum Gasteiger partial charge on any atom is -0.457 e. The van der Waals surface area contributed by atoms with Crippen LogP contribution in [0.15, 0.2) is 93.2 Å². The van der Waals surface area contributed by atoms with Gasteiger partial charge in [-0.1, -0.05) is 65.9 Å². The number of amides is 1. The zero-order valence-electron chi connectivity index (χ0n) is 20.7. The number of esters is 1. The molecular weight excluding hydrogens is 518 g/mol. The Balaban J connectivity index is 1.51. The third-order valence-corrected chi connectivity index (χ3v) is 8.69. The lowest BCUT2D eigenvalue weighted by Gasteiger charge is -2.23. The van der Waals surface area contributed by atoms with E-state index in [9.17, 15) is 14.4 Å². The van der Waals surface area contributed by atoms with Crippen LogP contribution >= 0.6 is 22.7 Å². The first-order valence-electron chi connectivity index (χ1n) is 12.2. The first-order valence-corrected chi connectivity index (χ1v) is 13.9. The number of allylic oxidation sites excluding steroid dienone is 1. The Morgan fingerprint density at radius 3 is 2.53 bits per heavy atom. The van der Waals surface area contributed by atoms with Crippen LogP contribution in [0.25, 0.3) is 5.57 Å². The van der Waals surface area contributed by atoms with E-state index in [0.717, 1.165) is 21.7 Å². The molecule has 0 N–H and O–H groups in total. The van der Waals surface area contributed by atoms with E-state index < -0.39 is 12.0 Å². The lowest BCUT2D eigenvalue weighted by Crippen LogP contribution is -2.40. The molecule has 2 aliphatic heterocycles. The van der Waals surface area contributed by atoms with Gasteiger partial charge < -0.3 is 9.64 Å². The van der Waals surface area contributed by atoms with Crippen molar-refractivity contribution in [3.63, 3.8) is 0 Å². The molecule has 190 valence electrons. The molecule has 4 aromatic rings. The van der Waals surface area contributed by atoms with Crippen molar-refractivity contribution in [1.29, 1.82) is 0 Å². The third-order valence-electron chi connectivity index (χ3n) is 6.71. The second kappa shape index (κ2) is 9.66. The number of thiazole rings is 1. The summed E-state index contributed by atoms with van der Waals surface area (Å²) in [4.78, 5) is 48.6. The summed E-state index contributed by atoms with van der Waals surface area (Å²) < 4.78 is 7.55. The number of carbonyl (C=O) groups excluding carboxylic acids is 2. The third kappa shape index (κ3) is 3.86. The maximum atomic E-state index is 14.1. The van der Waals surface area contributed by atoms with Crippen molar-refractivity contribution in [2.75, 3.05) is 11.4 Å². The molecule has 7 nitrogen and oxygen atoms in total. The predicted molar refractivity (Wildman–Crippen MR) is 148 cm³/mol. The summed E-state index contributed by atoms with van der Waals surface area (Å²) in [6.07, 6.45) is 0. The minimum atomic E-state index is -0.696. The maximum Gasteiger partial charge on any atom is 0.338 e. The monoisotopic (exact) mass is 541 g/mol. The summed E-state index contributed by atoms with van der Waals surface area (Å²) in [7, 11) is 0. The molecule has 2 aliphatic rings. The van der Waals surface area contributed by atoms with Crippen LogP contribution in [0.5, 0.6) is 0 Å². The molecule has 0 aliphatic carbocycles. The second-order valence-corrected chi connectivity index (χ2v) is 10.9. The number of hydrogen-bond donors (Lipinski definition) is 0. The molecular formula is C29H23N3O4S2. The second-order valence-electron chi connectivity index (χ2n) is 8.92. The summed E-state index contributed by atoms with van der Waals surface area (Å²) in [5.74, 6) is -0.726. The molecule has 0 radical (unpaired) electrons. The molecule has 4 heterocycles. The van der Waals surface area contributed by atoms with Crippen molar-refractivity contribution in [2.24, 2.45) is 4.99 Å². The van der Waals surface area contributed by atoms with E-state index in [2.05, 4.69) is 4.99 Å². The SMILES string of the molecule is CCN1C(=O)/C(=c2\sc3n(c2=O)C(c2cccs2)C(C(=O)OCc2ccccc2)=C(C)N=3)c2ccccc21. The highest BCUT2D eigenvalue weighted by molar-refractivity contribution is 7.10. The fourth-order valence-electron chi connectivity index (χ4n) is 4.96. The zero-order chi connectivity index (χ0) is 26.4. The normalized spacial score (nSPS) is 17.8. The summed E-state index contributed by atoms with van der Waals surface area (Å²) >= 11 is 2.64. The average Bonchev–Trinajstić information content (AvgIpc) is 3.63. The topological polar surface area (TPSA) is 81.0 Å². The van der Waals surface area contributed by atoms with Crippen molar-refractivity contribution in [2.45, 2.75) is 26.5 Å². The van der Waals surface area contributed by atoms with Crippen LogP contribution in [0.2, 0.25) is 0 Å². The van der Waals surface area contributed by atoms with Gasteiger partial charge in [0.15, 0.2) is 4.80 Å². The van der Waals surface area contributed by atoms with Gasteiger partial charge in [-0.3, -0.25) is 14.2 Å². The minimum absolute atomic E-state index is 0.111. The van der Waals surface area contributed by atoms with E-state index in [1.54, 1.807) is 11.8 Å². The number of anilines is 1. The maximum absolute atomic E-state index is 14.1. The van der Waals surface area contributed by atoms with Crippen LogP contribution in [-0.4, -0.2) is 23.0 Å². The van der Waals surface area contributed by atoms with Gasteiger partial charge in [-0.2, -0.15) is 0 Å². The van der Waals surface area contributed by atoms with Crippen LogP contribution in [0.3, 0.4) is 0 Å². The highest BCUT2D eigenvalue weighted by Crippen LogP contribution is 2.36. The van der Waals surface area contributed by atoms with Gasteiger partial charge >= 0.3 is 5.97 Å². The van der Waals surface area contributed by atoms with Crippen molar-refractivity contribution in [3.8, 4) is 0 Å². The summed E-state index contributed by atoms with van der Waals surface area (Å²) in [6.45, 7) is 4.27. The van der Waals surface area contributed by atoms with Gasteiger partial charge in [0.05, 0.1) is 22.5 Å². The molecule has 1 unspecified atom stereocenters. The van der Waals surface area contributed by atoms with Gasteiger partial charge in [0.2, 0.25) is 0 Å². The van der Waals surface area contributed by atoms with E-state index in [-0.39, 0.29) is 18.1 Å². The first-order chi connectivity index (χ1) is 18.5. The fraction of sp³-hybridized carbons (Fsp3) is 0.172. The molecule has 0 saturated heterocycles. The number of fused-ring (bicyclic) bond motifs is 2. The van der Waals surface area contributed by atoms with Crippen molar-refractivity contribution in [1.82, 2.24) is 4.57 Å². The molecule has 2 aromatic carbocycles. The molecule has 9 heteroatoms. The average molecular weight is 542 g/mol. The quantitative estimate of drug-likeness (QED) is 0.360. The number of nitrogens with zero attached hydrogens (tertiary/aromatic N) is 3. The molecule has 2 aromatic heterocycles. The molecule has 0 saturated carbocycles. The molecule has 1 amide bonds. The van der Waals surface area contributed by atoms with E-state index in [4.69, 9.17) is 4.74 Å². The Morgan fingerprint density at radius 1 is 1.03 bits per heavy atom. The van der Waals surface area contributed by atoms with Gasteiger partial charge in [0.25, 0.3) is 11.5 Å². The molecule has 0 bridgehead atoms. The number of para-hydroxylation sites is 1. The van der Waals surface area contributed by atoms with Gasteiger partial charge in [-0.25, -0.2) is 9.79 Å². The number of rotatable bonds is 5. The lowest BCUT2D eigenvalue weighted by atomic mass is 10.0. The number of carbonyl (C=O) groups is 2. The number of benzene rings is 2.